The molecular weight excluding hydrogens is 290 g/mol. The molecule has 2 rings (SSSR count). The first-order valence-electron chi connectivity index (χ1n) is 5.67. The fourth-order valence-electron chi connectivity index (χ4n) is 2.17. The Balaban J connectivity index is 2.21. The van der Waals surface area contributed by atoms with Crippen LogP contribution in [-0.2, 0) is 0 Å². The van der Waals surface area contributed by atoms with Crippen molar-refractivity contribution in [3.05, 3.63) is 34.3 Å². The molecule has 1 heterocycles. The SMILES string of the molecule is FC(F)[C@@H](c1cccc(Br)c1)N1CCNCC1. The number of alkyl halides is 2. The molecule has 1 aromatic carbocycles. The molecule has 1 aliphatic heterocycles. The second kappa shape index (κ2) is 5.89. The lowest BCUT2D eigenvalue weighted by molar-refractivity contribution is 0.0181. The summed E-state index contributed by atoms with van der Waals surface area (Å²) in [6, 6.07) is 6.40. The Bertz CT molecular complexity index is 367. The van der Waals surface area contributed by atoms with E-state index in [4.69, 9.17) is 0 Å². The predicted molar refractivity (Wildman–Crippen MR) is 67.3 cm³/mol. The second-order valence-electron chi connectivity index (χ2n) is 4.12. The monoisotopic (exact) mass is 304 g/mol. The number of halogens is 3. The molecule has 0 aliphatic carbocycles. The molecule has 2 nitrogen and oxygen atoms in total. The van der Waals surface area contributed by atoms with Gasteiger partial charge in [0.1, 0.15) is 0 Å². The lowest BCUT2D eigenvalue weighted by Gasteiger charge is -2.34. The quantitative estimate of drug-likeness (QED) is 0.923. The van der Waals surface area contributed by atoms with Gasteiger partial charge in [-0.05, 0) is 17.7 Å². The molecule has 1 fully saturated rings. The number of benzene rings is 1. The zero-order valence-corrected chi connectivity index (χ0v) is 11.0. The van der Waals surface area contributed by atoms with Crippen LogP contribution in [0, 0.1) is 0 Å². The summed E-state index contributed by atoms with van der Waals surface area (Å²) in [7, 11) is 0. The van der Waals surface area contributed by atoms with Crippen LogP contribution >= 0.6 is 15.9 Å². The standard InChI is InChI=1S/C12H15BrF2N2/c13-10-3-1-2-9(8-10)11(12(14)15)17-6-4-16-5-7-17/h1-3,8,11-12,16H,4-7H2/t11-/m1/s1. The van der Waals surface area contributed by atoms with E-state index >= 15 is 0 Å². The van der Waals surface area contributed by atoms with E-state index in [-0.39, 0.29) is 0 Å². The Kier molecular flexibility index (Phi) is 4.48. The topological polar surface area (TPSA) is 15.3 Å². The fourth-order valence-corrected chi connectivity index (χ4v) is 2.58. The summed E-state index contributed by atoms with van der Waals surface area (Å²) in [4.78, 5) is 1.85. The summed E-state index contributed by atoms with van der Waals surface area (Å²) in [6.45, 7) is 2.89. The maximum absolute atomic E-state index is 13.2. The van der Waals surface area contributed by atoms with Crippen LogP contribution in [0.3, 0.4) is 0 Å². The number of rotatable bonds is 3. The molecule has 1 aliphatic rings. The highest BCUT2D eigenvalue weighted by Gasteiger charge is 2.29. The van der Waals surface area contributed by atoms with Gasteiger partial charge in [-0.15, -0.1) is 0 Å². The average Bonchev–Trinajstić information content (AvgIpc) is 2.30. The van der Waals surface area contributed by atoms with Crippen molar-refractivity contribution < 1.29 is 8.78 Å². The minimum atomic E-state index is -2.36. The molecule has 0 radical (unpaired) electrons. The zero-order chi connectivity index (χ0) is 12.3. The minimum absolute atomic E-state index is 0.668. The van der Waals surface area contributed by atoms with Gasteiger partial charge in [-0.3, -0.25) is 4.90 Å². The Labute approximate surface area is 108 Å². The molecule has 1 atom stereocenters. The van der Waals surface area contributed by atoms with Gasteiger partial charge < -0.3 is 5.32 Å². The third kappa shape index (κ3) is 3.24. The molecule has 0 spiro atoms. The van der Waals surface area contributed by atoms with Gasteiger partial charge in [0.25, 0.3) is 6.43 Å². The van der Waals surface area contributed by atoms with Crippen LogP contribution in [-0.4, -0.2) is 37.5 Å². The van der Waals surface area contributed by atoms with E-state index in [1.54, 1.807) is 18.2 Å². The van der Waals surface area contributed by atoms with E-state index in [2.05, 4.69) is 21.2 Å². The third-order valence-corrected chi connectivity index (χ3v) is 3.47. The molecule has 0 aromatic heterocycles. The van der Waals surface area contributed by atoms with Crippen molar-refractivity contribution in [3.8, 4) is 0 Å². The van der Waals surface area contributed by atoms with Crippen LogP contribution in [0.4, 0.5) is 8.78 Å². The largest absolute Gasteiger partial charge is 0.314 e. The first-order chi connectivity index (χ1) is 8.18. The van der Waals surface area contributed by atoms with Crippen molar-refractivity contribution in [2.75, 3.05) is 26.2 Å². The van der Waals surface area contributed by atoms with Crippen molar-refractivity contribution in [2.24, 2.45) is 0 Å². The summed E-state index contributed by atoms with van der Waals surface area (Å²) in [5.74, 6) is 0. The molecular formula is C12H15BrF2N2. The van der Waals surface area contributed by atoms with Gasteiger partial charge in [0, 0.05) is 30.7 Å². The Hall–Kier alpha value is -0.520. The zero-order valence-electron chi connectivity index (χ0n) is 9.37. The van der Waals surface area contributed by atoms with Gasteiger partial charge in [0.05, 0.1) is 6.04 Å². The van der Waals surface area contributed by atoms with Crippen LogP contribution in [0.5, 0.6) is 0 Å². The van der Waals surface area contributed by atoms with Crippen molar-refractivity contribution in [1.82, 2.24) is 10.2 Å². The van der Waals surface area contributed by atoms with E-state index in [0.717, 1.165) is 17.6 Å². The normalized spacial score (nSPS) is 19.5. The van der Waals surface area contributed by atoms with E-state index in [1.807, 2.05) is 11.0 Å². The highest BCUT2D eigenvalue weighted by molar-refractivity contribution is 9.10. The summed E-state index contributed by atoms with van der Waals surface area (Å²) in [5.41, 5.74) is 0.677. The summed E-state index contributed by atoms with van der Waals surface area (Å²) in [6.07, 6.45) is -2.36. The number of piperazine rings is 1. The number of hydrogen-bond donors (Lipinski definition) is 1. The van der Waals surface area contributed by atoms with E-state index in [1.165, 1.54) is 0 Å². The highest BCUT2D eigenvalue weighted by Crippen LogP contribution is 2.29. The van der Waals surface area contributed by atoms with Crippen LogP contribution in [0.1, 0.15) is 11.6 Å². The van der Waals surface area contributed by atoms with Crippen LogP contribution < -0.4 is 5.32 Å². The lowest BCUT2D eigenvalue weighted by Crippen LogP contribution is -2.46. The fraction of sp³-hybridized carbons (Fsp3) is 0.500. The molecule has 17 heavy (non-hydrogen) atoms. The maximum atomic E-state index is 13.2. The minimum Gasteiger partial charge on any atom is -0.314 e. The first-order valence-corrected chi connectivity index (χ1v) is 6.46. The summed E-state index contributed by atoms with van der Waals surface area (Å²) in [5, 5.41) is 3.18. The number of hydrogen-bond acceptors (Lipinski definition) is 2. The smallest absolute Gasteiger partial charge is 0.258 e. The Morgan fingerprint density at radius 1 is 1.24 bits per heavy atom. The molecule has 0 amide bonds. The van der Waals surface area contributed by atoms with Gasteiger partial charge in [-0.2, -0.15) is 0 Å². The van der Waals surface area contributed by atoms with Gasteiger partial charge in [-0.25, -0.2) is 8.78 Å². The van der Waals surface area contributed by atoms with Crippen LogP contribution in [0.2, 0.25) is 0 Å². The molecule has 94 valence electrons. The van der Waals surface area contributed by atoms with Crippen molar-refractivity contribution in [1.29, 1.82) is 0 Å². The second-order valence-corrected chi connectivity index (χ2v) is 5.04. The van der Waals surface area contributed by atoms with Crippen LogP contribution in [0.25, 0.3) is 0 Å². The third-order valence-electron chi connectivity index (χ3n) is 2.97. The first kappa shape index (κ1) is 12.9. The lowest BCUT2D eigenvalue weighted by atomic mass is 10.1. The molecule has 0 bridgehead atoms. The Morgan fingerprint density at radius 2 is 1.94 bits per heavy atom. The van der Waals surface area contributed by atoms with E-state index in [9.17, 15) is 8.78 Å². The summed E-state index contributed by atoms with van der Waals surface area (Å²) >= 11 is 3.33. The van der Waals surface area contributed by atoms with Crippen molar-refractivity contribution >= 4 is 15.9 Å². The van der Waals surface area contributed by atoms with Crippen molar-refractivity contribution in [3.63, 3.8) is 0 Å². The maximum Gasteiger partial charge on any atom is 0.258 e. The molecule has 0 unspecified atom stereocenters. The highest BCUT2D eigenvalue weighted by atomic mass is 79.9. The average molecular weight is 305 g/mol. The van der Waals surface area contributed by atoms with Gasteiger partial charge in [0.15, 0.2) is 0 Å². The number of nitrogens with one attached hydrogen (secondary N) is 1. The number of nitrogens with zero attached hydrogens (tertiary/aromatic N) is 1. The molecule has 1 saturated heterocycles. The van der Waals surface area contributed by atoms with Gasteiger partial charge in [0.2, 0.25) is 0 Å². The van der Waals surface area contributed by atoms with E-state index in [0.29, 0.717) is 18.7 Å². The molecule has 5 heteroatoms. The van der Waals surface area contributed by atoms with Crippen LogP contribution in [0.15, 0.2) is 28.7 Å². The Morgan fingerprint density at radius 3 is 2.53 bits per heavy atom. The van der Waals surface area contributed by atoms with Crippen molar-refractivity contribution in [2.45, 2.75) is 12.5 Å². The molecule has 0 saturated carbocycles. The van der Waals surface area contributed by atoms with E-state index < -0.39 is 12.5 Å². The summed E-state index contributed by atoms with van der Waals surface area (Å²) < 4.78 is 27.3. The predicted octanol–water partition coefficient (Wildman–Crippen LogP) is 2.66. The molecule has 1 N–H and O–H groups in total. The molecule has 1 aromatic rings. The van der Waals surface area contributed by atoms with Gasteiger partial charge >= 0.3 is 0 Å². The van der Waals surface area contributed by atoms with Gasteiger partial charge in [-0.1, -0.05) is 28.1 Å².